The highest BCUT2D eigenvalue weighted by Crippen LogP contribution is 2.27. The second kappa shape index (κ2) is 11.3. The van der Waals surface area contributed by atoms with Crippen LogP contribution in [0.2, 0.25) is 0 Å². The Morgan fingerprint density at radius 3 is 2.74 bits per heavy atom. The van der Waals surface area contributed by atoms with Gasteiger partial charge in [0.1, 0.15) is 22.4 Å². The topological polar surface area (TPSA) is 57.9 Å². The van der Waals surface area contributed by atoms with E-state index >= 15 is 0 Å². The Labute approximate surface area is 189 Å². The third-order valence-electron chi connectivity index (χ3n) is 4.73. The monoisotopic (exact) mass is 431 g/mol. The minimum Gasteiger partial charge on any atom is -0.494 e. The maximum Gasteiger partial charge on any atom is 0.136 e. The van der Waals surface area contributed by atoms with Crippen LogP contribution in [-0.2, 0) is 6.42 Å². The van der Waals surface area contributed by atoms with Crippen LogP contribution >= 0.6 is 11.3 Å². The van der Waals surface area contributed by atoms with Crippen LogP contribution in [0.15, 0.2) is 60.1 Å². The van der Waals surface area contributed by atoms with Gasteiger partial charge in [-0.25, -0.2) is 4.98 Å². The number of nitriles is 1. The first kappa shape index (κ1) is 22.6. The average Bonchev–Trinajstić information content (AvgIpc) is 3.25. The lowest BCUT2D eigenvalue weighted by atomic mass is 10.0. The Bertz CT molecular complexity index is 1050. The number of hydrogen-bond donors (Lipinski definition) is 1. The minimum atomic E-state index is 0.505. The van der Waals surface area contributed by atoms with Gasteiger partial charge in [0.15, 0.2) is 0 Å². The minimum absolute atomic E-state index is 0.505. The van der Waals surface area contributed by atoms with Gasteiger partial charge in [0.05, 0.1) is 12.3 Å². The molecule has 0 fully saturated rings. The molecule has 4 nitrogen and oxygen atoms in total. The van der Waals surface area contributed by atoms with Crippen LogP contribution < -0.4 is 10.1 Å². The predicted molar refractivity (Wildman–Crippen MR) is 130 cm³/mol. The second-order valence-corrected chi connectivity index (χ2v) is 8.73. The molecule has 0 radical (unpaired) electrons. The van der Waals surface area contributed by atoms with Crippen molar-refractivity contribution < 1.29 is 4.74 Å². The molecule has 0 aliphatic heterocycles. The SMILES string of the molecule is CCCCOc1cccc(NC=C(C#N)c2nc(-c3ccc(CC(C)C)cc3)cs2)c1. The molecule has 1 aromatic heterocycles. The maximum absolute atomic E-state index is 9.64. The van der Waals surface area contributed by atoms with Crippen molar-refractivity contribution in [1.29, 1.82) is 5.26 Å². The predicted octanol–water partition coefficient (Wildman–Crippen LogP) is 7.16. The highest BCUT2D eigenvalue weighted by atomic mass is 32.1. The van der Waals surface area contributed by atoms with Crippen LogP contribution in [0.25, 0.3) is 16.8 Å². The Morgan fingerprint density at radius 1 is 1.23 bits per heavy atom. The van der Waals surface area contributed by atoms with Crippen LogP contribution in [0.5, 0.6) is 5.75 Å². The van der Waals surface area contributed by atoms with E-state index in [9.17, 15) is 5.26 Å². The van der Waals surface area contributed by atoms with Crippen LogP contribution in [0.1, 0.15) is 44.2 Å². The van der Waals surface area contributed by atoms with E-state index in [4.69, 9.17) is 4.74 Å². The van der Waals surface area contributed by atoms with Crippen molar-refractivity contribution in [1.82, 2.24) is 4.98 Å². The molecular formula is C26H29N3OS. The Morgan fingerprint density at radius 2 is 2.03 bits per heavy atom. The van der Waals surface area contributed by atoms with E-state index < -0.39 is 0 Å². The quantitative estimate of drug-likeness (QED) is 0.273. The molecule has 0 unspecified atom stereocenters. The molecule has 1 N–H and O–H groups in total. The lowest BCUT2D eigenvalue weighted by molar-refractivity contribution is 0.309. The number of thiazole rings is 1. The zero-order valence-electron chi connectivity index (χ0n) is 18.4. The van der Waals surface area contributed by atoms with Crippen molar-refractivity contribution >= 4 is 22.6 Å². The fourth-order valence-electron chi connectivity index (χ4n) is 3.12. The smallest absolute Gasteiger partial charge is 0.136 e. The van der Waals surface area contributed by atoms with E-state index in [0.29, 0.717) is 23.1 Å². The zero-order valence-corrected chi connectivity index (χ0v) is 19.2. The Hall–Kier alpha value is -3.10. The summed E-state index contributed by atoms with van der Waals surface area (Å²) >= 11 is 1.48. The van der Waals surface area contributed by atoms with Gasteiger partial charge in [-0.3, -0.25) is 0 Å². The first-order chi connectivity index (χ1) is 15.1. The first-order valence-corrected chi connectivity index (χ1v) is 11.6. The summed E-state index contributed by atoms with van der Waals surface area (Å²) < 4.78 is 5.75. The number of nitrogens with zero attached hydrogens (tertiary/aromatic N) is 2. The number of nitrogens with one attached hydrogen (secondary N) is 1. The van der Waals surface area contributed by atoms with Gasteiger partial charge in [0.2, 0.25) is 0 Å². The summed E-state index contributed by atoms with van der Waals surface area (Å²) in [5.41, 5.74) is 4.67. The fraction of sp³-hybridized carbons (Fsp3) is 0.308. The Kier molecular flexibility index (Phi) is 8.26. The van der Waals surface area contributed by atoms with E-state index in [-0.39, 0.29) is 0 Å². The van der Waals surface area contributed by atoms with Gasteiger partial charge >= 0.3 is 0 Å². The lowest BCUT2D eigenvalue weighted by Crippen LogP contribution is -1.97. The molecule has 0 aliphatic carbocycles. The van der Waals surface area contributed by atoms with Gasteiger partial charge in [0.25, 0.3) is 0 Å². The van der Waals surface area contributed by atoms with E-state index in [0.717, 1.165) is 42.0 Å². The maximum atomic E-state index is 9.64. The van der Waals surface area contributed by atoms with Crippen molar-refractivity contribution in [2.75, 3.05) is 11.9 Å². The van der Waals surface area contributed by atoms with E-state index in [1.165, 1.54) is 16.9 Å². The highest BCUT2D eigenvalue weighted by molar-refractivity contribution is 7.11. The molecule has 1 heterocycles. The van der Waals surface area contributed by atoms with Gasteiger partial charge in [-0.15, -0.1) is 11.3 Å². The highest BCUT2D eigenvalue weighted by Gasteiger charge is 2.09. The van der Waals surface area contributed by atoms with Gasteiger partial charge in [0, 0.05) is 28.9 Å². The lowest BCUT2D eigenvalue weighted by Gasteiger charge is -2.07. The summed E-state index contributed by atoms with van der Waals surface area (Å²) in [5.74, 6) is 1.46. The van der Waals surface area contributed by atoms with Crippen molar-refractivity contribution in [3.05, 3.63) is 70.7 Å². The molecule has 3 aromatic rings. The Balaban J connectivity index is 1.69. The summed E-state index contributed by atoms with van der Waals surface area (Å²) in [4.78, 5) is 4.69. The van der Waals surface area contributed by atoms with Crippen LogP contribution in [0.4, 0.5) is 5.69 Å². The van der Waals surface area contributed by atoms with Crippen LogP contribution in [0.3, 0.4) is 0 Å². The third-order valence-corrected chi connectivity index (χ3v) is 5.61. The van der Waals surface area contributed by atoms with Crippen molar-refractivity contribution in [2.24, 2.45) is 5.92 Å². The number of allylic oxidation sites excluding steroid dienone is 1. The molecule has 0 bridgehead atoms. The molecule has 160 valence electrons. The van der Waals surface area contributed by atoms with E-state index in [1.807, 2.05) is 29.6 Å². The summed E-state index contributed by atoms with van der Waals surface area (Å²) in [6, 6.07) is 18.6. The first-order valence-electron chi connectivity index (χ1n) is 10.7. The molecular weight excluding hydrogens is 402 g/mol. The molecule has 2 aromatic carbocycles. The molecule has 0 saturated carbocycles. The molecule has 31 heavy (non-hydrogen) atoms. The molecule has 5 heteroatoms. The summed E-state index contributed by atoms with van der Waals surface area (Å²) in [7, 11) is 0. The third kappa shape index (κ3) is 6.70. The molecule has 0 saturated heterocycles. The molecule has 3 rings (SSSR count). The fourth-order valence-corrected chi connectivity index (χ4v) is 3.92. The van der Waals surface area contributed by atoms with Gasteiger partial charge in [-0.2, -0.15) is 5.26 Å². The molecule has 0 amide bonds. The van der Waals surface area contributed by atoms with Crippen LogP contribution in [0, 0.1) is 17.2 Å². The number of aromatic nitrogens is 1. The van der Waals surface area contributed by atoms with Gasteiger partial charge in [-0.05, 0) is 36.5 Å². The number of unbranched alkanes of at least 4 members (excludes halogenated alkanes) is 1. The average molecular weight is 432 g/mol. The number of benzene rings is 2. The summed E-state index contributed by atoms with van der Waals surface area (Å²) in [6.07, 6.45) is 4.91. The largest absolute Gasteiger partial charge is 0.494 e. The van der Waals surface area contributed by atoms with Crippen molar-refractivity contribution in [2.45, 2.75) is 40.0 Å². The van der Waals surface area contributed by atoms with Crippen molar-refractivity contribution in [3.8, 4) is 23.1 Å². The van der Waals surface area contributed by atoms with Gasteiger partial charge in [-0.1, -0.05) is 57.5 Å². The van der Waals surface area contributed by atoms with Gasteiger partial charge < -0.3 is 10.1 Å². The summed E-state index contributed by atoms with van der Waals surface area (Å²) in [5, 5.41) is 15.5. The number of ether oxygens (including phenoxy) is 1. The number of rotatable bonds is 10. The van der Waals surface area contributed by atoms with E-state index in [1.54, 1.807) is 6.20 Å². The molecule has 0 spiro atoms. The van der Waals surface area contributed by atoms with Crippen molar-refractivity contribution in [3.63, 3.8) is 0 Å². The van der Waals surface area contributed by atoms with E-state index in [2.05, 4.69) is 61.4 Å². The number of hydrogen-bond acceptors (Lipinski definition) is 5. The standard InChI is InChI=1S/C26H29N3OS/c1-4-5-13-30-24-8-6-7-23(15-24)28-17-22(16-27)26-29-25(18-31-26)21-11-9-20(10-12-21)14-19(2)3/h6-12,15,17-19,28H,4-5,13-14H2,1-3H3. The van der Waals surface area contributed by atoms with Crippen LogP contribution in [-0.4, -0.2) is 11.6 Å². The molecule has 0 aliphatic rings. The number of anilines is 1. The normalized spacial score (nSPS) is 11.4. The zero-order chi connectivity index (χ0) is 22.1. The summed E-state index contributed by atoms with van der Waals surface area (Å²) in [6.45, 7) is 7.29. The molecule has 0 atom stereocenters. The second-order valence-electron chi connectivity index (χ2n) is 7.88.